The Kier molecular flexibility index (Phi) is 3.95. The first-order chi connectivity index (χ1) is 12.3. The highest BCUT2D eigenvalue weighted by molar-refractivity contribution is 5.80. The molecule has 138 valence electrons. The Labute approximate surface area is 148 Å². The van der Waals surface area contributed by atoms with Crippen molar-refractivity contribution in [1.29, 1.82) is 0 Å². The molecule has 1 saturated heterocycles. The van der Waals surface area contributed by atoms with Crippen molar-refractivity contribution in [2.75, 3.05) is 38.1 Å². The van der Waals surface area contributed by atoms with Gasteiger partial charge in [0, 0.05) is 39.3 Å². The molecule has 1 aliphatic rings. The van der Waals surface area contributed by atoms with Crippen molar-refractivity contribution in [2.45, 2.75) is 6.18 Å². The number of halogens is 3. The maximum Gasteiger partial charge on any atom is 0.416 e. The number of fused-ring (bicyclic) bond motifs is 1. The Hall–Kier alpha value is -2.48. The zero-order valence-electron chi connectivity index (χ0n) is 14.5. The number of anilines is 1. The number of alkyl halides is 3. The molecule has 0 N–H and O–H groups in total. The average molecular weight is 364 g/mol. The number of benzene rings is 1. The van der Waals surface area contributed by atoms with Crippen LogP contribution >= 0.6 is 0 Å². The van der Waals surface area contributed by atoms with Crippen LogP contribution in [0.1, 0.15) is 5.56 Å². The number of aromatic nitrogens is 2. The van der Waals surface area contributed by atoms with E-state index in [-0.39, 0.29) is 0 Å². The fourth-order valence-electron chi connectivity index (χ4n) is 3.23. The highest BCUT2D eigenvalue weighted by atomic mass is 19.4. The van der Waals surface area contributed by atoms with Crippen LogP contribution in [0.3, 0.4) is 0 Å². The lowest BCUT2D eigenvalue weighted by atomic mass is 10.2. The second kappa shape index (κ2) is 6.05. The normalized spacial score (nSPS) is 16.6. The van der Waals surface area contributed by atoms with Crippen molar-refractivity contribution in [2.24, 2.45) is 7.05 Å². The quantitative estimate of drug-likeness (QED) is 0.696. The summed E-state index contributed by atoms with van der Waals surface area (Å²) in [5.74, 6) is 1.82. The van der Waals surface area contributed by atoms with Gasteiger partial charge in [0.25, 0.3) is 0 Å². The smallest absolute Gasteiger partial charge is 0.416 e. The molecular formula is C18H19F3N4O. The van der Waals surface area contributed by atoms with Crippen molar-refractivity contribution >= 4 is 16.9 Å². The topological polar surface area (TPSA) is 37.4 Å². The van der Waals surface area contributed by atoms with E-state index >= 15 is 0 Å². The van der Waals surface area contributed by atoms with E-state index in [1.165, 1.54) is 6.07 Å². The minimum Gasteiger partial charge on any atom is -0.437 e. The molecule has 0 amide bonds. The molecular weight excluding hydrogens is 345 g/mol. The molecule has 26 heavy (non-hydrogen) atoms. The molecule has 0 spiro atoms. The van der Waals surface area contributed by atoms with E-state index in [0.717, 1.165) is 44.2 Å². The average Bonchev–Trinajstić information content (AvgIpc) is 3.20. The van der Waals surface area contributed by atoms with Gasteiger partial charge in [0.1, 0.15) is 0 Å². The fourth-order valence-corrected chi connectivity index (χ4v) is 3.23. The Balaban J connectivity index is 1.68. The lowest BCUT2D eigenvalue weighted by Crippen LogP contribution is -2.44. The molecule has 1 fully saturated rings. The molecule has 1 aromatic carbocycles. The van der Waals surface area contributed by atoms with E-state index in [4.69, 9.17) is 4.42 Å². The molecule has 5 nitrogen and oxygen atoms in total. The van der Waals surface area contributed by atoms with Crippen LogP contribution in [0.2, 0.25) is 0 Å². The number of likely N-dealkylation sites (N-methyl/N-ethyl adjacent to an activating group) is 1. The van der Waals surface area contributed by atoms with Gasteiger partial charge in [-0.15, -0.1) is 0 Å². The number of imidazole rings is 1. The summed E-state index contributed by atoms with van der Waals surface area (Å²) in [6, 6.07) is 7.28. The Morgan fingerprint density at radius 1 is 1.00 bits per heavy atom. The van der Waals surface area contributed by atoms with Crippen molar-refractivity contribution in [3.05, 3.63) is 35.9 Å². The van der Waals surface area contributed by atoms with Gasteiger partial charge in [0.2, 0.25) is 0 Å². The number of hydrogen-bond donors (Lipinski definition) is 0. The van der Waals surface area contributed by atoms with Gasteiger partial charge in [-0.05, 0) is 31.3 Å². The zero-order valence-corrected chi connectivity index (χ0v) is 14.5. The molecule has 8 heteroatoms. The van der Waals surface area contributed by atoms with Gasteiger partial charge in [-0.1, -0.05) is 0 Å². The predicted octanol–water partition coefficient (Wildman–Crippen LogP) is 3.60. The number of rotatable bonds is 2. The maximum absolute atomic E-state index is 13.0. The highest BCUT2D eigenvalue weighted by Crippen LogP contribution is 2.33. The van der Waals surface area contributed by atoms with Crippen molar-refractivity contribution in [1.82, 2.24) is 14.5 Å². The highest BCUT2D eigenvalue weighted by Gasteiger charge is 2.31. The fraction of sp³-hybridized carbons (Fsp3) is 0.389. The van der Waals surface area contributed by atoms with E-state index in [2.05, 4.69) is 21.8 Å². The second-order valence-electron chi connectivity index (χ2n) is 6.62. The van der Waals surface area contributed by atoms with Crippen molar-refractivity contribution in [3.63, 3.8) is 0 Å². The van der Waals surface area contributed by atoms with Crippen LogP contribution in [0.4, 0.5) is 19.1 Å². The second-order valence-corrected chi connectivity index (χ2v) is 6.62. The third-order valence-corrected chi connectivity index (χ3v) is 4.84. The summed E-state index contributed by atoms with van der Waals surface area (Å²) in [6.07, 6.45) is -4.38. The van der Waals surface area contributed by atoms with Gasteiger partial charge in [-0.3, -0.25) is 0 Å². The molecule has 4 rings (SSSR count). The molecule has 1 aliphatic heterocycles. The summed E-state index contributed by atoms with van der Waals surface area (Å²) in [6.45, 7) is 3.67. The number of piperazine rings is 1. The molecule has 0 aliphatic carbocycles. The predicted molar refractivity (Wildman–Crippen MR) is 93.1 cm³/mol. The Morgan fingerprint density at radius 3 is 2.42 bits per heavy atom. The van der Waals surface area contributed by atoms with Crippen LogP contribution in [0, 0.1) is 0 Å². The minimum atomic E-state index is -4.38. The summed E-state index contributed by atoms with van der Waals surface area (Å²) >= 11 is 0. The van der Waals surface area contributed by atoms with E-state index in [0.29, 0.717) is 22.6 Å². The molecule has 2 aromatic heterocycles. The summed E-state index contributed by atoms with van der Waals surface area (Å²) in [5, 5.41) is 0. The van der Waals surface area contributed by atoms with E-state index in [1.54, 1.807) is 11.6 Å². The van der Waals surface area contributed by atoms with Crippen LogP contribution in [-0.2, 0) is 13.2 Å². The van der Waals surface area contributed by atoms with Gasteiger partial charge < -0.3 is 18.8 Å². The van der Waals surface area contributed by atoms with Gasteiger partial charge in [0.05, 0.1) is 16.6 Å². The summed E-state index contributed by atoms with van der Waals surface area (Å²) in [7, 11) is 3.78. The van der Waals surface area contributed by atoms with Crippen LogP contribution in [0.15, 0.2) is 34.7 Å². The van der Waals surface area contributed by atoms with Crippen LogP contribution < -0.4 is 4.90 Å². The summed E-state index contributed by atoms with van der Waals surface area (Å²) < 4.78 is 46.5. The number of nitrogens with zero attached hydrogens (tertiary/aromatic N) is 4. The molecule has 0 atom stereocenters. The van der Waals surface area contributed by atoms with Crippen LogP contribution in [0.25, 0.3) is 22.6 Å². The van der Waals surface area contributed by atoms with E-state index in [9.17, 15) is 13.2 Å². The first-order valence-electron chi connectivity index (χ1n) is 8.40. The van der Waals surface area contributed by atoms with Crippen molar-refractivity contribution < 1.29 is 17.6 Å². The first kappa shape index (κ1) is 17.0. The molecule has 0 bridgehead atoms. The molecule has 3 heterocycles. The Bertz CT molecular complexity index is 936. The van der Waals surface area contributed by atoms with Crippen molar-refractivity contribution in [3.8, 4) is 11.6 Å². The van der Waals surface area contributed by atoms with E-state index in [1.807, 2.05) is 12.1 Å². The third kappa shape index (κ3) is 2.94. The summed E-state index contributed by atoms with van der Waals surface area (Å²) in [4.78, 5) is 8.87. The van der Waals surface area contributed by atoms with Crippen LogP contribution in [0.5, 0.6) is 0 Å². The summed E-state index contributed by atoms with van der Waals surface area (Å²) in [5.41, 5.74) is 0.248. The maximum atomic E-state index is 13.0. The molecule has 3 aromatic rings. The first-order valence-corrected chi connectivity index (χ1v) is 8.40. The number of furan rings is 1. The van der Waals surface area contributed by atoms with Crippen LogP contribution in [-0.4, -0.2) is 47.7 Å². The minimum absolute atomic E-state index is 0.423. The lowest BCUT2D eigenvalue weighted by molar-refractivity contribution is -0.137. The van der Waals surface area contributed by atoms with Gasteiger partial charge in [0.15, 0.2) is 17.5 Å². The lowest BCUT2D eigenvalue weighted by Gasteiger charge is -2.32. The molecule has 0 radical (unpaired) electrons. The molecule has 0 saturated carbocycles. The Morgan fingerprint density at radius 2 is 1.73 bits per heavy atom. The number of aryl methyl sites for hydroxylation is 1. The van der Waals surface area contributed by atoms with Gasteiger partial charge >= 0.3 is 6.18 Å². The molecule has 0 unspecified atom stereocenters. The van der Waals surface area contributed by atoms with Gasteiger partial charge in [-0.25, -0.2) is 4.98 Å². The van der Waals surface area contributed by atoms with E-state index < -0.39 is 11.7 Å². The van der Waals surface area contributed by atoms with Gasteiger partial charge in [-0.2, -0.15) is 13.2 Å². The largest absolute Gasteiger partial charge is 0.437 e. The zero-order chi connectivity index (χ0) is 18.5. The number of hydrogen-bond acceptors (Lipinski definition) is 4. The monoisotopic (exact) mass is 364 g/mol. The standard InChI is InChI=1S/C18H19F3N4O/c1-23-7-9-25(10-8-23)16-6-5-15(26-16)17-22-13-4-3-12(18(19,20)21)11-14(13)24(17)2/h3-6,11H,7-10H2,1-2H3. The third-order valence-electron chi connectivity index (χ3n) is 4.84. The SMILES string of the molecule is CN1CCN(c2ccc(-c3nc4ccc(C(F)(F)F)cc4n3C)o2)CC1.